The Morgan fingerprint density at radius 2 is 2.06 bits per heavy atom. The van der Waals surface area contributed by atoms with Crippen LogP contribution in [-0.4, -0.2) is 24.3 Å². The molecule has 1 aromatic rings. The van der Waals surface area contributed by atoms with E-state index in [9.17, 15) is 4.79 Å². The molecule has 0 saturated carbocycles. The molecule has 1 heterocycles. The van der Waals surface area contributed by atoms with Gasteiger partial charge in [0.2, 0.25) is 0 Å². The van der Waals surface area contributed by atoms with Gasteiger partial charge >= 0.3 is 5.97 Å². The van der Waals surface area contributed by atoms with Gasteiger partial charge in [0.25, 0.3) is 0 Å². The normalized spacial score (nSPS) is 17.8. The van der Waals surface area contributed by atoms with Crippen molar-refractivity contribution >= 4 is 5.97 Å². The van der Waals surface area contributed by atoms with E-state index in [4.69, 9.17) is 9.84 Å². The number of ether oxygens (including phenoxy) is 1. The van der Waals surface area contributed by atoms with E-state index in [1.165, 1.54) is 5.56 Å². The molecule has 16 heavy (non-hydrogen) atoms. The van der Waals surface area contributed by atoms with Crippen LogP contribution in [0.3, 0.4) is 0 Å². The van der Waals surface area contributed by atoms with Crippen molar-refractivity contribution < 1.29 is 14.6 Å². The quantitative estimate of drug-likeness (QED) is 0.844. The summed E-state index contributed by atoms with van der Waals surface area (Å²) >= 11 is 0. The molecule has 0 spiro atoms. The molecule has 0 radical (unpaired) electrons. The number of carbonyl (C=O) groups is 1. The lowest BCUT2D eigenvalue weighted by atomic mass is 9.94. The SMILES string of the molecule is CC(Cc1ccc(C2COC2)cc1)C(=O)O. The predicted molar refractivity (Wildman–Crippen MR) is 60.5 cm³/mol. The molecule has 3 heteroatoms. The van der Waals surface area contributed by atoms with Gasteiger partial charge in [-0.05, 0) is 17.5 Å². The van der Waals surface area contributed by atoms with Gasteiger partial charge in [-0.1, -0.05) is 31.2 Å². The number of hydrogen-bond acceptors (Lipinski definition) is 2. The van der Waals surface area contributed by atoms with E-state index in [2.05, 4.69) is 12.1 Å². The van der Waals surface area contributed by atoms with Crippen LogP contribution in [0.25, 0.3) is 0 Å². The fourth-order valence-corrected chi connectivity index (χ4v) is 1.79. The summed E-state index contributed by atoms with van der Waals surface area (Å²) in [5, 5.41) is 8.82. The Bertz CT molecular complexity index is 365. The highest BCUT2D eigenvalue weighted by atomic mass is 16.5. The van der Waals surface area contributed by atoms with Crippen LogP contribution in [0.1, 0.15) is 24.0 Å². The molecule has 1 aliphatic heterocycles. The van der Waals surface area contributed by atoms with Gasteiger partial charge in [0, 0.05) is 5.92 Å². The average molecular weight is 220 g/mol. The first kappa shape index (κ1) is 11.1. The molecule has 1 aliphatic rings. The summed E-state index contributed by atoms with van der Waals surface area (Å²) in [7, 11) is 0. The molecule has 1 N–H and O–H groups in total. The first-order chi connectivity index (χ1) is 7.66. The summed E-state index contributed by atoms with van der Waals surface area (Å²) in [6.07, 6.45) is 0.594. The summed E-state index contributed by atoms with van der Waals surface area (Å²) in [4.78, 5) is 10.7. The van der Waals surface area contributed by atoms with E-state index >= 15 is 0 Å². The highest BCUT2D eigenvalue weighted by Crippen LogP contribution is 2.24. The lowest BCUT2D eigenvalue weighted by Crippen LogP contribution is -2.24. The molecule has 0 bridgehead atoms. The van der Waals surface area contributed by atoms with Crippen LogP contribution in [-0.2, 0) is 16.0 Å². The number of carboxylic acids is 1. The van der Waals surface area contributed by atoms with Crippen molar-refractivity contribution in [1.82, 2.24) is 0 Å². The van der Waals surface area contributed by atoms with Crippen LogP contribution >= 0.6 is 0 Å². The van der Waals surface area contributed by atoms with Crippen LogP contribution in [0.5, 0.6) is 0 Å². The van der Waals surface area contributed by atoms with E-state index < -0.39 is 5.97 Å². The number of benzene rings is 1. The van der Waals surface area contributed by atoms with E-state index in [0.717, 1.165) is 18.8 Å². The Hall–Kier alpha value is -1.35. The Morgan fingerprint density at radius 3 is 2.50 bits per heavy atom. The monoisotopic (exact) mass is 220 g/mol. The molecule has 1 aromatic carbocycles. The summed E-state index contributed by atoms with van der Waals surface area (Å²) in [5.41, 5.74) is 2.37. The molecular weight excluding hydrogens is 204 g/mol. The number of rotatable bonds is 4. The third-order valence-corrected chi connectivity index (χ3v) is 3.05. The minimum Gasteiger partial charge on any atom is -0.481 e. The van der Waals surface area contributed by atoms with Crippen molar-refractivity contribution in [2.45, 2.75) is 19.3 Å². The van der Waals surface area contributed by atoms with E-state index in [-0.39, 0.29) is 5.92 Å². The fourth-order valence-electron chi connectivity index (χ4n) is 1.79. The van der Waals surface area contributed by atoms with Crippen molar-refractivity contribution in [2.24, 2.45) is 5.92 Å². The van der Waals surface area contributed by atoms with E-state index in [1.807, 2.05) is 12.1 Å². The topological polar surface area (TPSA) is 46.5 Å². The molecule has 0 aromatic heterocycles. The third-order valence-electron chi connectivity index (χ3n) is 3.05. The fraction of sp³-hybridized carbons (Fsp3) is 0.462. The second-order valence-electron chi connectivity index (χ2n) is 4.42. The second-order valence-corrected chi connectivity index (χ2v) is 4.42. The minimum atomic E-state index is -0.739. The largest absolute Gasteiger partial charge is 0.481 e. The molecule has 0 amide bonds. The minimum absolute atomic E-state index is 0.321. The van der Waals surface area contributed by atoms with Gasteiger partial charge in [-0.2, -0.15) is 0 Å². The van der Waals surface area contributed by atoms with Crippen LogP contribution in [0.2, 0.25) is 0 Å². The Morgan fingerprint density at radius 1 is 1.44 bits per heavy atom. The third kappa shape index (κ3) is 2.42. The van der Waals surface area contributed by atoms with Crippen molar-refractivity contribution in [3.63, 3.8) is 0 Å². The second kappa shape index (κ2) is 4.66. The molecule has 86 valence electrons. The first-order valence-corrected chi connectivity index (χ1v) is 5.56. The summed E-state index contributed by atoms with van der Waals surface area (Å²) in [6, 6.07) is 8.20. The predicted octanol–water partition coefficient (Wildman–Crippen LogP) is 2.06. The van der Waals surface area contributed by atoms with Crippen molar-refractivity contribution in [3.05, 3.63) is 35.4 Å². The maximum absolute atomic E-state index is 10.7. The van der Waals surface area contributed by atoms with Crippen LogP contribution < -0.4 is 0 Å². The van der Waals surface area contributed by atoms with Crippen molar-refractivity contribution in [2.75, 3.05) is 13.2 Å². The Balaban J connectivity index is 1.98. The van der Waals surface area contributed by atoms with Gasteiger partial charge < -0.3 is 9.84 Å². The maximum atomic E-state index is 10.7. The van der Waals surface area contributed by atoms with Crippen molar-refractivity contribution in [3.8, 4) is 0 Å². The zero-order chi connectivity index (χ0) is 11.5. The zero-order valence-electron chi connectivity index (χ0n) is 9.35. The number of carboxylic acid groups (broad SMARTS) is 1. The molecule has 1 fully saturated rings. The van der Waals surface area contributed by atoms with E-state index in [1.54, 1.807) is 6.92 Å². The van der Waals surface area contributed by atoms with Crippen LogP contribution in [0, 0.1) is 5.92 Å². The standard InChI is InChI=1S/C13H16O3/c1-9(13(14)15)6-10-2-4-11(5-3-10)12-7-16-8-12/h2-5,9,12H,6-8H2,1H3,(H,14,15). The van der Waals surface area contributed by atoms with Gasteiger partial charge in [-0.3, -0.25) is 4.79 Å². The number of aliphatic carboxylic acids is 1. The molecule has 1 saturated heterocycles. The van der Waals surface area contributed by atoms with E-state index in [0.29, 0.717) is 12.3 Å². The number of hydrogen-bond donors (Lipinski definition) is 1. The Kier molecular flexibility index (Phi) is 3.25. The molecule has 2 rings (SSSR count). The maximum Gasteiger partial charge on any atom is 0.306 e. The van der Waals surface area contributed by atoms with Gasteiger partial charge in [0.1, 0.15) is 0 Å². The first-order valence-electron chi connectivity index (χ1n) is 5.56. The van der Waals surface area contributed by atoms with Gasteiger partial charge in [0.05, 0.1) is 19.1 Å². The van der Waals surface area contributed by atoms with Crippen LogP contribution in [0.4, 0.5) is 0 Å². The summed E-state index contributed by atoms with van der Waals surface area (Å²) < 4.78 is 5.14. The summed E-state index contributed by atoms with van der Waals surface area (Å²) in [6.45, 7) is 3.35. The Labute approximate surface area is 95.0 Å². The average Bonchev–Trinajstić information content (AvgIpc) is 2.18. The highest BCUT2D eigenvalue weighted by molar-refractivity contribution is 5.69. The molecule has 1 atom stereocenters. The lowest BCUT2D eigenvalue weighted by Gasteiger charge is -2.26. The molecule has 0 aliphatic carbocycles. The van der Waals surface area contributed by atoms with Crippen LogP contribution in [0.15, 0.2) is 24.3 Å². The summed E-state index contributed by atoms with van der Waals surface area (Å²) in [5.74, 6) is -0.527. The van der Waals surface area contributed by atoms with Gasteiger partial charge in [-0.25, -0.2) is 0 Å². The molecule has 3 nitrogen and oxygen atoms in total. The smallest absolute Gasteiger partial charge is 0.306 e. The molecular formula is C13H16O3. The van der Waals surface area contributed by atoms with Gasteiger partial charge in [-0.15, -0.1) is 0 Å². The zero-order valence-corrected chi connectivity index (χ0v) is 9.35. The lowest BCUT2D eigenvalue weighted by molar-refractivity contribution is -0.141. The highest BCUT2D eigenvalue weighted by Gasteiger charge is 2.20. The van der Waals surface area contributed by atoms with Crippen molar-refractivity contribution in [1.29, 1.82) is 0 Å². The molecule has 1 unspecified atom stereocenters. The van der Waals surface area contributed by atoms with Gasteiger partial charge in [0.15, 0.2) is 0 Å².